The normalized spacial score (nSPS) is 16.8. The second-order valence-electron chi connectivity index (χ2n) is 5.72. The maximum absolute atomic E-state index is 13.0. The lowest BCUT2D eigenvalue weighted by Gasteiger charge is -2.31. The van der Waals surface area contributed by atoms with Crippen LogP contribution in [-0.4, -0.2) is 36.5 Å². The van der Waals surface area contributed by atoms with E-state index in [4.69, 9.17) is 4.74 Å². The van der Waals surface area contributed by atoms with Crippen LogP contribution in [0.1, 0.15) is 32.4 Å². The lowest BCUT2D eigenvalue weighted by molar-refractivity contribution is -0.127. The van der Waals surface area contributed by atoms with Gasteiger partial charge in [0.2, 0.25) is 0 Å². The molecule has 134 valence electrons. The molecule has 0 bridgehead atoms. The summed E-state index contributed by atoms with van der Waals surface area (Å²) in [5, 5.41) is 5.55. The molecule has 1 heterocycles. The Bertz CT molecular complexity index is 693. The highest BCUT2D eigenvalue weighted by Gasteiger charge is 2.33. The Morgan fingerprint density at radius 1 is 1.36 bits per heavy atom. The van der Waals surface area contributed by atoms with Crippen molar-refractivity contribution in [2.75, 3.05) is 19.7 Å². The van der Waals surface area contributed by atoms with Crippen LogP contribution < -0.4 is 15.4 Å². The fourth-order valence-electron chi connectivity index (χ4n) is 2.85. The number of benzene rings is 1. The third-order valence-electron chi connectivity index (χ3n) is 4.11. The van der Waals surface area contributed by atoms with E-state index < -0.39 is 6.04 Å². The van der Waals surface area contributed by atoms with E-state index in [-0.39, 0.29) is 11.9 Å². The van der Waals surface area contributed by atoms with Gasteiger partial charge in [0.25, 0.3) is 5.91 Å². The second-order valence-corrected chi connectivity index (χ2v) is 5.72. The molecule has 1 atom stereocenters. The molecule has 0 aromatic heterocycles. The summed E-state index contributed by atoms with van der Waals surface area (Å²) < 4.78 is 5.57. The molecular formula is C19H25N3O3. The van der Waals surface area contributed by atoms with E-state index in [1.165, 1.54) is 0 Å². The number of ether oxygens (including phenoxy) is 1. The fraction of sp³-hybridized carbons (Fsp3) is 0.368. The quantitative estimate of drug-likeness (QED) is 0.748. The second kappa shape index (κ2) is 8.37. The summed E-state index contributed by atoms with van der Waals surface area (Å²) in [5.41, 5.74) is 1.92. The molecule has 0 aliphatic carbocycles. The number of hydrogen-bond donors (Lipinski definition) is 2. The van der Waals surface area contributed by atoms with Crippen molar-refractivity contribution in [3.63, 3.8) is 0 Å². The number of amides is 3. The first-order chi connectivity index (χ1) is 12.0. The van der Waals surface area contributed by atoms with Crippen LogP contribution >= 0.6 is 0 Å². The summed E-state index contributed by atoms with van der Waals surface area (Å²) in [7, 11) is 0. The SMILES string of the molecule is C=CCOc1cccc([C@@H]2NC(=O)NC(C)=C2C(=O)N(CC)CC)c1. The Hall–Kier alpha value is -2.76. The van der Waals surface area contributed by atoms with E-state index >= 15 is 0 Å². The Labute approximate surface area is 148 Å². The molecule has 1 aliphatic heterocycles. The molecule has 25 heavy (non-hydrogen) atoms. The number of nitrogens with zero attached hydrogens (tertiary/aromatic N) is 1. The maximum Gasteiger partial charge on any atom is 0.319 e. The minimum atomic E-state index is -0.519. The van der Waals surface area contributed by atoms with Gasteiger partial charge in [0.05, 0.1) is 11.6 Å². The molecular weight excluding hydrogens is 318 g/mol. The van der Waals surface area contributed by atoms with E-state index in [0.717, 1.165) is 5.56 Å². The summed E-state index contributed by atoms with van der Waals surface area (Å²) in [6.07, 6.45) is 1.67. The van der Waals surface area contributed by atoms with Gasteiger partial charge >= 0.3 is 6.03 Å². The molecule has 6 nitrogen and oxygen atoms in total. The van der Waals surface area contributed by atoms with Gasteiger partial charge < -0.3 is 20.3 Å². The smallest absolute Gasteiger partial charge is 0.319 e. The molecule has 0 unspecified atom stereocenters. The van der Waals surface area contributed by atoms with Crippen molar-refractivity contribution in [3.05, 3.63) is 53.8 Å². The van der Waals surface area contributed by atoms with Crippen molar-refractivity contribution in [1.29, 1.82) is 0 Å². The number of likely N-dealkylation sites (N-methyl/N-ethyl adjacent to an activating group) is 1. The van der Waals surface area contributed by atoms with Crippen molar-refractivity contribution in [2.45, 2.75) is 26.8 Å². The topological polar surface area (TPSA) is 70.7 Å². The summed E-state index contributed by atoms with van der Waals surface area (Å²) >= 11 is 0. The zero-order chi connectivity index (χ0) is 18.4. The van der Waals surface area contributed by atoms with E-state index in [0.29, 0.717) is 36.7 Å². The molecule has 3 amide bonds. The van der Waals surface area contributed by atoms with E-state index in [9.17, 15) is 9.59 Å². The molecule has 2 N–H and O–H groups in total. The lowest BCUT2D eigenvalue weighted by atomic mass is 9.94. The molecule has 0 saturated heterocycles. The lowest BCUT2D eigenvalue weighted by Crippen LogP contribution is -2.47. The Morgan fingerprint density at radius 3 is 2.72 bits per heavy atom. The van der Waals surface area contributed by atoms with Crippen LogP contribution in [0.3, 0.4) is 0 Å². The highest BCUT2D eigenvalue weighted by Crippen LogP contribution is 2.30. The average Bonchev–Trinajstić information content (AvgIpc) is 2.60. The minimum Gasteiger partial charge on any atom is -0.490 e. The van der Waals surface area contributed by atoms with E-state index in [1.807, 2.05) is 38.1 Å². The van der Waals surface area contributed by atoms with Gasteiger partial charge in [-0.15, -0.1) is 0 Å². The average molecular weight is 343 g/mol. The third-order valence-corrected chi connectivity index (χ3v) is 4.11. The predicted molar refractivity (Wildman–Crippen MR) is 97.2 cm³/mol. The molecule has 0 saturated carbocycles. The van der Waals surface area contributed by atoms with Crippen LogP contribution in [0, 0.1) is 0 Å². The highest BCUT2D eigenvalue weighted by molar-refractivity contribution is 5.98. The molecule has 0 fully saturated rings. The summed E-state index contributed by atoms with van der Waals surface area (Å²) in [6.45, 7) is 10.9. The number of rotatable bonds is 7. The third kappa shape index (κ3) is 4.21. The van der Waals surface area contributed by atoms with Gasteiger partial charge in [-0.2, -0.15) is 0 Å². The largest absolute Gasteiger partial charge is 0.490 e. The molecule has 1 aromatic carbocycles. The van der Waals surface area contributed by atoms with Gasteiger partial charge in [-0.05, 0) is 38.5 Å². The van der Waals surface area contributed by atoms with Gasteiger partial charge in [-0.1, -0.05) is 24.8 Å². The van der Waals surface area contributed by atoms with Gasteiger partial charge in [0.1, 0.15) is 12.4 Å². The molecule has 6 heteroatoms. The maximum atomic E-state index is 13.0. The summed E-state index contributed by atoms with van der Waals surface area (Å²) in [5.74, 6) is 0.579. The van der Waals surface area contributed by atoms with Crippen LogP contribution in [0.4, 0.5) is 4.79 Å². The van der Waals surface area contributed by atoms with Gasteiger partial charge in [-0.25, -0.2) is 4.79 Å². The summed E-state index contributed by atoms with van der Waals surface area (Å²) in [4.78, 5) is 26.7. The number of hydrogen-bond acceptors (Lipinski definition) is 3. The summed E-state index contributed by atoms with van der Waals surface area (Å²) in [6, 6.07) is 6.54. The Kier molecular flexibility index (Phi) is 6.22. The van der Waals surface area contributed by atoms with Gasteiger partial charge in [-0.3, -0.25) is 4.79 Å². The molecule has 0 radical (unpaired) electrons. The number of urea groups is 1. The Balaban J connectivity index is 2.42. The number of carbonyl (C=O) groups is 2. The molecule has 1 aromatic rings. The van der Waals surface area contributed by atoms with Crippen molar-refractivity contribution in [1.82, 2.24) is 15.5 Å². The zero-order valence-corrected chi connectivity index (χ0v) is 15.0. The number of allylic oxidation sites excluding steroid dienone is 1. The minimum absolute atomic E-state index is 0.0857. The first-order valence-corrected chi connectivity index (χ1v) is 8.43. The van der Waals surface area contributed by atoms with Crippen molar-refractivity contribution in [2.24, 2.45) is 0 Å². The van der Waals surface area contributed by atoms with Gasteiger partial charge in [0, 0.05) is 18.8 Å². The highest BCUT2D eigenvalue weighted by atomic mass is 16.5. The Morgan fingerprint density at radius 2 is 2.08 bits per heavy atom. The van der Waals surface area contributed by atoms with Crippen LogP contribution in [0.15, 0.2) is 48.2 Å². The first-order valence-electron chi connectivity index (χ1n) is 8.43. The molecule has 2 rings (SSSR count). The predicted octanol–water partition coefficient (Wildman–Crippen LogP) is 2.75. The zero-order valence-electron chi connectivity index (χ0n) is 15.0. The monoisotopic (exact) mass is 343 g/mol. The number of carbonyl (C=O) groups excluding carboxylic acids is 2. The van der Waals surface area contributed by atoms with Crippen LogP contribution in [-0.2, 0) is 4.79 Å². The standard InChI is InChI=1S/C19H25N3O3/c1-5-11-25-15-10-8-9-14(12-15)17-16(13(4)20-19(24)21-17)18(23)22(6-2)7-3/h5,8-10,12,17H,1,6-7,11H2,2-4H3,(H2,20,21,24)/t17-/m0/s1. The molecule has 0 spiro atoms. The van der Waals surface area contributed by atoms with Crippen molar-refractivity contribution in [3.8, 4) is 5.75 Å². The van der Waals surface area contributed by atoms with E-state index in [1.54, 1.807) is 17.9 Å². The van der Waals surface area contributed by atoms with E-state index in [2.05, 4.69) is 17.2 Å². The number of nitrogens with one attached hydrogen (secondary N) is 2. The fourth-order valence-corrected chi connectivity index (χ4v) is 2.85. The van der Waals surface area contributed by atoms with Crippen LogP contribution in [0.5, 0.6) is 5.75 Å². The van der Waals surface area contributed by atoms with Crippen LogP contribution in [0.25, 0.3) is 0 Å². The van der Waals surface area contributed by atoms with Gasteiger partial charge in [0.15, 0.2) is 0 Å². The first kappa shape index (κ1) is 18.6. The molecule has 1 aliphatic rings. The van der Waals surface area contributed by atoms with Crippen molar-refractivity contribution >= 4 is 11.9 Å². The van der Waals surface area contributed by atoms with Crippen LogP contribution in [0.2, 0.25) is 0 Å². The van der Waals surface area contributed by atoms with Crippen molar-refractivity contribution < 1.29 is 14.3 Å².